The van der Waals surface area contributed by atoms with Gasteiger partial charge in [-0.2, -0.15) is 0 Å². The molecule has 4 heteroatoms. The molecule has 1 nitrogen and oxygen atoms in total. The molecule has 0 saturated heterocycles. The zero-order valence-electron chi connectivity index (χ0n) is 12.1. The van der Waals surface area contributed by atoms with Gasteiger partial charge in [0.05, 0.1) is 0 Å². The molecule has 2 aromatic carbocycles. The second-order valence-corrected chi connectivity index (χ2v) is 6.87. The highest BCUT2D eigenvalue weighted by atomic mass is 79.9. The molecule has 0 radical (unpaired) electrons. The molecule has 1 N–H and O–H groups in total. The van der Waals surface area contributed by atoms with Crippen LogP contribution in [0.1, 0.15) is 29.7 Å². The van der Waals surface area contributed by atoms with Crippen LogP contribution in [0.3, 0.4) is 0 Å². The average molecular weight is 387 g/mol. The highest BCUT2D eigenvalue weighted by molar-refractivity contribution is 9.10. The first-order valence-corrected chi connectivity index (χ1v) is 8.49. The SMILES string of the molecule is CCNC(Cc1ccc(Br)cc1Cl)c1cc(C)cc(Cl)c1. The predicted octanol–water partition coefficient (Wildman–Crippen LogP) is 5.96. The third-order valence-corrected chi connectivity index (χ3v) is 4.42. The topological polar surface area (TPSA) is 12.0 Å². The summed E-state index contributed by atoms with van der Waals surface area (Å²) in [6, 6.07) is 12.4. The minimum Gasteiger partial charge on any atom is -0.310 e. The lowest BCUT2D eigenvalue weighted by Crippen LogP contribution is -2.23. The first kappa shape index (κ1) is 16.8. The summed E-state index contributed by atoms with van der Waals surface area (Å²) in [7, 11) is 0. The Morgan fingerprint density at radius 2 is 1.90 bits per heavy atom. The van der Waals surface area contributed by atoms with Crippen LogP contribution in [-0.2, 0) is 6.42 Å². The van der Waals surface area contributed by atoms with E-state index in [1.54, 1.807) is 0 Å². The average Bonchev–Trinajstić information content (AvgIpc) is 2.40. The quantitative estimate of drug-likeness (QED) is 0.668. The number of hydrogen-bond acceptors (Lipinski definition) is 1. The van der Waals surface area contributed by atoms with Crippen molar-refractivity contribution in [2.45, 2.75) is 26.3 Å². The molecule has 1 unspecified atom stereocenters. The summed E-state index contributed by atoms with van der Waals surface area (Å²) in [6.45, 7) is 5.06. The third-order valence-electron chi connectivity index (χ3n) is 3.36. The van der Waals surface area contributed by atoms with E-state index in [-0.39, 0.29) is 6.04 Å². The van der Waals surface area contributed by atoms with E-state index >= 15 is 0 Å². The van der Waals surface area contributed by atoms with Crippen LogP contribution in [0, 0.1) is 6.92 Å². The molecule has 21 heavy (non-hydrogen) atoms. The molecule has 112 valence electrons. The molecular weight excluding hydrogens is 369 g/mol. The molecule has 0 spiro atoms. The number of aryl methyl sites for hydroxylation is 1. The van der Waals surface area contributed by atoms with Gasteiger partial charge in [-0.05, 0) is 60.8 Å². The van der Waals surface area contributed by atoms with E-state index in [1.807, 2.05) is 24.3 Å². The summed E-state index contributed by atoms with van der Waals surface area (Å²) < 4.78 is 0.995. The molecule has 0 aromatic heterocycles. The number of nitrogens with one attached hydrogen (secondary N) is 1. The summed E-state index contributed by atoms with van der Waals surface area (Å²) in [4.78, 5) is 0. The second kappa shape index (κ2) is 7.64. The van der Waals surface area contributed by atoms with Crippen molar-refractivity contribution in [1.29, 1.82) is 0 Å². The van der Waals surface area contributed by atoms with E-state index in [4.69, 9.17) is 23.2 Å². The van der Waals surface area contributed by atoms with Crippen LogP contribution in [0.5, 0.6) is 0 Å². The summed E-state index contributed by atoms with van der Waals surface area (Å²) in [5.41, 5.74) is 3.49. The van der Waals surface area contributed by atoms with Gasteiger partial charge in [0.1, 0.15) is 0 Å². The first-order valence-electron chi connectivity index (χ1n) is 6.94. The van der Waals surface area contributed by atoms with E-state index in [0.717, 1.165) is 33.0 Å². The van der Waals surface area contributed by atoms with Crippen molar-refractivity contribution in [1.82, 2.24) is 5.32 Å². The van der Waals surface area contributed by atoms with Crippen LogP contribution in [0.15, 0.2) is 40.9 Å². The molecule has 0 bridgehead atoms. The van der Waals surface area contributed by atoms with Gasteiger partial charge in [0.2, 0.25) is 0 Å². The standard InChI is InChI=1S/C17H18BrCl2N/c1-3-21-17(13-6-11(2)7-15(19)8-13)9-12-4-5-14(18)10-16(12)20/h4-8,10,17,21H,3,9H2,1-2H3. The molecule has 0 fully saturated rings. The molecule has 2 aromatic rings. The second-order valence-electron chi connectivity index (χ2n) is 5.11. The predicted molar refractivity (Wildman–Crippen MR) is 95.5 cm³/mol. The Kier molecular flexibility index (Phi) is 6.12. The molecule has 0 amide bonds. The highest BCUT2D eigenvalue weighted by Crippen LogP contribution is 2.28. The van der Waals surface area contributed by atoms with Crippen molar-refractivity contribution < 1.29 is 0 Å². The molecular formula is C17H18BrCl2N. The molecule has 2 rings (SSSR count). The Morgan fingerprint density at radius 3 is 2.52 bits per heavy atom. The van der Waals surface area contributed by atoms with Gasteiger partial charge in [-0.3, -0.25) is 0 Å². The number of rotatable bonds is 5. The van der Waals surface area contributed by atoms with Crippen molar-refractivity contribution in [3.8, 4) is 0 Å². The maximum atomic E-state index is 6.34. The monoisotopic (exact) mass is 385 g/mol. The van der Waals surface area contributed by atoms with Gasteiger partial charge in [-0.25, -0.2) is 0 Å². The fraction of sp³-hybridized carbons (Fsp3) is 0.294. The summed E-state index contributed by atoms with van der Waals surface area (Å²) in [6.07, 6.45) is 0.833. The summed E-state index contributed by atoms with van der Waals surface area (Å²) >= 11 is 16.0. The van der Waals surface area contributed by atoms with Gasteiger partial charge in [-0.15, -0.1) is 0 Å². The Labute approximate surface area is 144 Å². The van der Waals surface area contributed by atoms with Crippen molar-refractivity contribution in [2.24, 2.45) is 0 Å². The van der Waals surface area contributed by atoms with Crippen molar-refractivity contribution in [3.63, 3.8) is 0 Å². The van der Waals surface area contributed by atoms with Crippen LogP contribution in [0.4, 0.5) is 0 Å². The number of halogens is 3. The van der Waals surface area contributed by atoms with Crippen LogP contribution >= 0.6 is 39.1 Å². The van der Waals surface area contributed by atoms with Gasteiger partial charge in [0.25, 0.3) is 0 Å². The van der Waals surface area contributed by atoms with E-state index < -0.39 is 0 Å². The van der Waals surface area contributed by atoms with Crippen LogP contribution in [0.2, 0.25) is 10.0 Å². The Morgan fingerprint density at radius 1 is 1.14 bits per heavy atom. The lowest BCUT2D eigenvalue weighted by atomic mass is 9.97. The van der Waals surface area contributed by atoms with Gasteiger partial charge in [-0.1, -0.05) is 58.2 Å². The fourth-order valence-corrected chi connectivity index (χ4v) is 3.48. The van der Waals surface area contributed by atoms with Gasteiger partial charge >= 0.3 is 0 Å². The zero-order chi connectivity index (χ0) is 15.4. The lowest BCUT2D eigenvalue weighted by molar-refractivity contribution is 0.549. The zero-order valence-corrected chi connectivity index (χ0v) is 15.2. The van der Waals surface area contributed by atoms with Crippen molar-refractivity contribution in [2.75, 3.05) is 6.54 Å². The minimum absolute atomic E-state index is 0.200. The molecule has 0 aliphatic heterocycles. The van der Waals surface area contributed by atoms with Crippen LogP contribution in [0.25, 0.3) is 0 Å². The number of benzene rings is 2. The maximum absolute atomic E-state index is 6.34. The molecule has 0 heterocycles. The third kappa shape index (κ3) is 4.72. The summed E-state index contributed by atoms with van der Waals surface area (Å²) in [5, 5.41) is 5.07. The van der Waals surface area contributed by atoms with Gasteiger partial charge in [0.15, 0.2) is 0 Å². The lowest BCUT2D eigenvalue weighted by Gasteiger charge is -2.20. The Balaban J connectivity index is 2.30. The largest absolute Gasteiger partial charge is 0.310 e. The number of likely N-dealkylation sites (N-methyl/N-ethyl adjacent to an activating group) is 1. The molecule has 0 saturated carbocycles. The van der Waals surface area contributed by atoms with E-state index in [0.29, 0.717) is 0 Å². The van der Waals surface area contributed by atoms with E-state index in [1.165, 1.54) is 11.1 Å². The number of hydrogen-bond donors (Lipinski definition) is 1. The van der Waals surface area contributed by atoms with Crippen molar-refractivity contribution in [3.05, 3.63) is 67.6 Å². The van der Waals surface area contributed by atoms with Crippen LogP contribution in [-0.4, -0.2) is 6.54 Å². The minimum atomic E-state index is 0.200. The first-order chi connectivity index (χ1) is 9.99. The Bertz CT molecular complexity index is 608. The summed E-state index contributed by atoms with van der Waals surface area (Å²) in [5.74, 6) is 0. The highest BCUT2D eigenvalue weighted by Gasteiger charge is 2.14. The van der Waals surface area contributed by atoms with Crippen molar-refractivity contribution >= 4 is 39.1 Å². The maximum Gasteiger partial charge on any atom is 0.0449 e. The van der Waals surface area contributed by atoms with Gasteiger partial charge < -0.3 is 5.32 Å². The Hall–Kier alpha value is -0.540. The molecule has 1 atom stereocenters. The smallest absolute Gasteiger partial charge is 0.0449 e. The van der Waals surface area contributed by atoms with E-state index in [9.17, 15) is 0 Å². The molecule has 0 aliphatic rings. The normalized spacial score (nSPS) is 12.4. The van der Waals surface area contributed by atoms with E-state index in [2.05, 4.69) is 47.2 Å². The van der Waals surface area contributed by atoms with Gasteiger partial charge in [0, 0.05) is 20.6 Å². The molecule has 0 aliphatic carbocycles. The fourth-order valence-electron chi connectivity index (χ4n) is 2.43. The van der Waals surface area contributed by atoms with Crippen LogP contribution < -0.4 is 5.32 Å².